The Morgan fingerprint density at radius 3 is 2.56 bits per heavy atom. The van der Waals surface area contributed by atoms with Gasteiger partial charge in [-0.2, -0.15) is 4.39 Å². The quantitative estimate of drug-likeness (QED) is 0.496. The van der Waals surface area contributed by atoms with E-state index in [9.17, 15) is 4.39 Å². The molecule has 1 spiro atoms. The maximum atomic E-state index is 13.8. The van der Waals surface area contributed by atoms with E-state index in [4.69, 9.17) is 10.5 Å². The number of aromatic nitrogens is 2. The Balaban J connectivity index is 1.39. The highest BCUT2D eigenvalue weighted by Gasteiger charge is 2.44. The summed E-state index contributed by atoms with van der Waals surface area (Å²) < 4.78 is 19.4. The molecule has 6 heteroatoms. The molecule has 2 saturated heterocycles. The highest BCUT2D eigenvalue weighted by atomic mass is 19.1. The van der Waals surface area contributed by atoms with E-state index in [1.165, 1.54) is 49.1 Å². The van der Waals surface area contributed by atoms with Crippen molar-refractivity contribution in [3.05, 3.63) is 65.9 Å². The van der Waals surface area contributed by atoms with Crippen LogP contribution in [0.4, 0.5) is 10.2 Å². The van der Waals surface area contributed by atoms with Gasteiger partial charge >= 0.3 is 0 Å². The van der Waals surface area contributed by atoms with Crippen molar-refractivity contribution in [3.63, 3.8) is 0 Å². The number of nitrogens with one attached hydrogen (secondary N) is 1. The normalized spacial score (nSPS) is 22.1. The van der Waals surface area contributed by atoms with Crippen molar-refractivity contribution < 1.29 is 9.13 Å². The van der Waals surface area contributed by atoms with Crippen molar-refractivity contribution in [2.45, 2.75) is 50.5 Å². The summed E-state index contributed by atoms with van der Waals surface area (Å²) in [7, 11) is 0. The van der Waals surface area contributed by atoms with Crippen LogP contribution in [-0.4, -0.2) is 29.7 Å². The number of nitrogens with zero attached hydrogens (tertiary/aromatic N) is 2. The Bertz CT molecular complexity index is 1200. The first-order valence-corrected chi connectivity index (χ1v) is 12.4. The molecule has 3 N–H and O–H groups in total. The van der Waals surface area contributed by atoms with Gasteiger partial charge in [-0.25, -0.2) is 9.97 Å². The third-order valence-electron chi connectivity index (χ3n) is 8.19. The molecule has 4 heterocycles. The zero-order valence-electron chi connectivity index (χ0n) is 19.4. The number of nitrogen functional groups attached to an aromatic ring is 1. The molecule has 6 rings (SSSR count). The molecule has 3 fully saturated rings. The van der Waals surface area contributed by atoms with Crippen LogP contribution in [-0.2, 0) is 4.74 Å². The molecule has 2 aliphatic heterocycles. The van der Waals surface area contributed by atoms with Gasteiger partial charge in [0, 0.05) is 55.4 Å². The number of benzene rings is 1. The summed E-state index contributed by atoms with van der Waals surface area (Å²) in [6.07, 6.45) is 10.7. The molecule has 1 atom stereocenters. The van der Waals surface area contributed by atoms with Gasteiger partial charge in [-0.3, -0.25) is 0 Å². The van der Waals surface area contributed by atoms with Crippen LogP contribution in [0.5, 0.6) is 0 Å². The van der Waals surface area contributed by atoms with Gasteiger partial charge < -0.3 is 15.8 Å². The topological polar surface area (TPSA) is 73.1 Å². The van der Waals surface area contributed by atoms with E-state index in [1.807, 2.05) is 12.3 Å². The standard InChI is InChI=1S/C28H31FN4O/c29-26-14-20(4-9-31-26)23-13-21(16-32-27(23)30)19-2-3-22(18-5-10-34-11-6-18)24(12-19)25-15-28(17-33-25)7-1-8-28/h2-4,9,12-14,16,18,25,33H,1,5-8,10-11,15,17H2,(H2,30,32)/t25-/m1/s1. The van der Waals surface area contributed by atoms with E-state index < -0.39 is 5.95 Å². The molecule has 3 aromatic rings. The van der Waals surface area contributed by atoms with Gasteiger partial charge in [0.2, 0.25) is 5.95 Å². The second kappa shape index (κ2) is 8.75. The van der Waals surface area contributed by atoms with Gasteiger partial charge in [0.1, 0.15) is 5.82 Å². The minimum absolute atomic E-state index is 0.383. The van der Waals surface area contributed by atoms with E-state index in [1.54, 1.807) is 6.07 Å². The van der Waals surface area contributed by atoms with Crippen molar-refractivity contribution in [2.75, 3.05) is 25.5 Å². The predicted octanol–water partition coefficient (Wildman–Crippen LogP) is 5.63. The summed E-state index contributed by atoms with van der Waals surface area (Å²) in [5, 5.41) is 3.86. The number of pyridine rings is 2. The smallest absolute Gasteiger partial charge is 0.213 e. The minimum atomic E-state index is -0.525. The molecule has 34 heavy (non-hydrogen) atoms. The lowest BCUT2D eigenvalue weighted by molar-refractivity contribution is 0.0850. The minimum Gasteiger partial charge on any atom is -0.383 e. The van der Waals surface area contributed by atoms with Crippen LogP contribution < -0.4 is 11.1 Å². The van der Waals surface area contributed by atoms with Crippen LogP contribution in [0.3, 0.4) is 0 Å². The number of rotatable bonds is 4. The molecular formula is C28H31FN4O. The third-order valence-corrected chi connectivity index (χ3v) is 8.19. The fourth-order valence-electron chi connectivity index (χ4n) is 6.07. The summed E-state index contributed by atoms with van der Waals surface area (Å²) in [5.41, 5.74) is 13.1. The zero-order valence-corrected chi connectivity index (χ0v) is 19.4. The second-order valence-electron chi connectivity index (χ2n) is 10.2. The van der Waals surface area contributed by atoms with E-state index in [0.29, 0.717) is 28.8 Å². The third kappa shape index (κ3) is 3.99. The van der Waals surface area contributed by atoms with Gasteiger partial charge in [-0.15, -0.1) is 0 Å². The highest BCUT2D eigenvalue weighted by Crippen LogP contribution is 2.51. The maximum Gasteiger partial charge on any atom is 0.213 e. The van der Waals surface area contributed by atoms with Crippen LogP contribution in [0.15, 0.2) is 48.8 Å². The summed E-state index contributed by atoms with van der Waals surface area (Å²) in [4.78, 5) is 8.11. The van der Waals surface area contributed by atoms with E-state index >= 15 is 0 Å². The van der Waals surface area contributed by atoms with Gasteiger partial charge in [-0.1, -0.05) is 18.6 Å². The first kappa shape index (κ1) is 21.7. The van der Waals surface area contributed by atoms with Gasteiger partial charge in [0.25, 0.3) is 0 Å². The van der Waals surface area contributed by atoms with Crippen molar-refractivity contribution in [3.8, 4) is 22.3 Å². The number of hydrogen-bond acceptors (Lipinski definition) is 5. The molecular weight excluding hydrogens is 427 g/mol. The largest absolute Gasteiger partial charge is 0.383 e. The van der Waals surface area contributed by atoms with Crippen LogP contribution in [0.2, 0.25) is 0 Å². The monoisotopic (exact) mass is 458 g/mol. The molecule has 0 amide bonds. The Morgan fingerprint density at radius 1 is 0.971 bits per heavy atom. The maximum absolute atomic E-state index is 13.8. The molecule has 0 radical (unpaired) electrons. The first-order chi connectivity index (χ1) is 16.6. The molecule has 1 aliphatic carbocycles. The second-order valence-corrected chi connectivity index (χ2v) is 10.2. The van der Waals surface area contributed by atoms with Crippen molar-refractivity contribution >= 4 is 5.82 Å². The highest BCUT2D eigenvalue weighted by molar-refractivity contribution is 5.79. The van der Waals surface area contributed by atoms with Crippen molar-refractivity contribution in [1.82, 2.24) is 15.3 Å². The van der Waals surface area contributed by atoms with Gasteiger partial charge in [0.15, 0.2) is 0 Å². The van der Waals surface area contributed by atoms with Crippen LogP contribution in [0.1, 0.15) is 61.6 Å². The van der Waals surface area contributed by atoms with Crippen LogP contribution in [0, 0.1) is 11.4 Å². The predicted molar refractivity (Wildman–Crippen MR) is 132 cm³/mol. The molecule has 1 aromatic carbocycles. The summed E-state index contributed by atoms with van der Waals surface area (Å²) in [6, 6.07) is 12.4. The molecule has 176 valence electrons. The van der Waals surface area contributed by atoms with Crippen LogP contribution >= 0.6 is 0 Å². The van der Waals surface area contributed by atoms with E-state index in [2.05, 4.69) is 33.5 Å². The number of ether oxygens (including phenoxy) is 1. The molecule has 1 saturated carbocycles. The Hall–Kier alpha value is -2.83. The lowest BCUT2D eigenvalue weighted by Crippen LogP contribution is -2.31. The molecule has 5 nitrogen and oxygen atoms in total. The van der Waals surface area contributed by atoms with Crippen molar-refractivity contribution in [2.24, 2.45) is 5.41 Å². The molecule has 0 unspecified atom stereocenters. The molecule has 2 aromatic heterocycles. The lowest BCUT2D eigenvalue weighted by Gasteiger charge is -2.37. The van der Waals surface area contributed by atoms with E-state index in [-0.39, 0.29) is 0 Å². The Kier molecular flexibility index (Phi) is 5.58. The number of nitrogens with two attached hydrogens (primary N) is 1. The average Bonchev–Trinajstić information content (AvgIpc) is 3.31. The average molecular weight is 459 g/mol. The Labute approximate surface area is 200 Å². The number of halogens is 1. The fourth-order valence-corrected chi connectivity index (χ4v) is 6.07. The lowest BCUT2D eigenvalue weighted by atomic mass is 9.67. The summed E-state index contributed by atoms with van der Waals surface area (Å²) in [6.45, 7) is 2.79. The summed E-state index contributed by atoms with van der Waals surface area (Å²) in [5.74, 6) is 0.401. The number of anilines is 1. The van der Waals surface area contributed by atoms with Crippen LogP contribution in [0.25, 0.3) is 22.3 Å². The fraction of sp³-hybridized carbons (Fsp3) is 0.429. The van der Waals surface area contributed by atoms with Crippen molar-refractivity contribution in [1.29, 1.82) is 0 Å². The summed E-state index contributed by atoms with van der Waals surface area (Å²) >= 11 is 0. The van der Waals surface area contributed by atoms with Gasteiger partial charge in [0.05, 0.1) is 0 Å². The SMILES string of the molecule is Nc1ncc(-c2ccc(C3CCOCC3)c([C@H]3CC4(CCC4)CN3)c2)cc1-c1ccnc(F)c1. The first-order valence-electron chi connectivity index (χ1n) is 12.4. The zero-order chi connectivity index (χ0) is 23.1. The Morgan fingerprint density at radius 2 is 1.82 bits per heavy atom. The molecule has 3 aliphatic rings. The number of hydrogen-bond donors (Lipinski definition) is 2. The molecule has 0 bridgehead atoms. The van der Waals surface area contributed by atoms with E-state index in [0.717, 1.165) is 49.3 Å². The van der Waals surface area contributed by atoms with Gasteiger partial charge in [-0.05, 0) is 83.9 Å².